The van der Waals surface area contributed by atoms with Gasteiger partial charge in [-0.2, -0.15) is 0 Å². The molecule has 0 aliphatic carbocycles. The van der Waals surface area contributed by atoms with Crippen molar-refractivity contribution < 1.29 is 0 Å². The van der Waals surface area contributed by atoms with Gasteiger partial charge in [0.25, 0.3) is 0 Å². The third-order valence-corrected chi connectivity index (χ3v) is 2.89. The normalized spacial score (nSPS) is 13.6. The quantitative estimate of drug-likeness (QED) is 0.871. The number of rotatable bonds is 5. The van der Waals surface area contributed by atoms with Crippen molar-refractivity contribution in [2.45, 2.75) is 25.8 Å². The molecule has 1 rings (SSSR count). The highest BCUT2D eigenvalue weighted by molar-refractivity contribution is 6.30. The van der Waals surface area contributed by atoms with Crippen LogP contribution in [0.25, 0.3) is 5.57 Å². The van der Waals surface area contributed by atoms with Gasteiger partial charge in [-0.3, -0.25) is 0 Å². The van der Waals surface area contributed by atoms with Gasteiger partial charge in [0.2, 0.25) is 0 Å². The number of nitrogens with zero attached hydrogens (tertiary/aromatic N) is 1. The molecule has 0 fully saturated rings. The van der Waals surface area contributed by atoms with Gasteiger partial charge in [-0.15, -0.1) is 0 Å². The van der Waals surface area contributed by atoms with Crippen LogP contribution in [0.5, 0.6) is 0 Å². The van der Waals surface area contributed by atoms with Crippen molar-refractivity contribution in [2.75, 3.05) is 14.1 Å². The van der Waals surface area contributed by atoms with Gasteiger partial charge in [-0.25, -0.2) is 0 Å². The lowest BCUT2D eigenvalue weighted by Gasteiger charge is -2.16. The Labute approximate surface area is 109 Å². The third-order valence-electron chi connectivity index (χ3n) is 2.64. The van der Waals surface area contributed by atoms with Crippen molar-refractivity contribution in [3.05, 3.63) is 41.1 Å². The summed E-state index contributed by atoms with van der Waals surface area (Å²) in [5.74, 6) is 0. The fourth-order valence-corrected chi connectivity index (χ4v) is 1.77. The SMILES string of the molecule is CCC(N)C/C(=C\N(C)C)c1ccc(Cl)cc1. The van der Waals surface area contributed by atoms with Gasteiger partial charge in [0.1, 0.15) is 0 Å². The molecule has 2 nitrogen and oxygen atoms in total. The first kappa shape index (κ1) is 14.1. The smallest absolute Gasteiger partial charge is 0.0406 e. The maximum absolute atomic E-state index is 6.03. The zero-order valence-electron chi connectivity index (χ0n) is 10.8. The molecule has 0 aromatic heterocycles. The second-order valence-corrected chi connectivity index (χ2v) is 4.93. The van der Waals surface area contributed by atoms with Gasteiger partial charge in [0, 0.05) is 31.4 Å². The van der Waals surface area contributed by atoms with E-state index in [9.17, 15) is 0 Å². The molecule has 0 aliphatic rings. The molecule has 0 saturated carbocycles. The van der Waals surface area contributed by atoms with Crippen LogP contribution in [0.4, 0.5) is 0 Å². The van der Waals surface area contributed by atoms with Crippen LogP contribution < -0.4 is 5.73 Å². The first-order valence-electron chi connectivity index (χ1n) is 5.91. The lowest BCUT2D eigenvalue weighted by Crippen LogP contribution is -2.19. The number of nitrogens with two attached hydrogens (primary N) is 1. The molecule has 1 aromatic rings. The molecule has 0 saturated heterocycles. The Bertz CT molecular complexity index is 368. The minimum atomic E-state index is 0.205. The summed E-state index contributed by atoms with van der Waals surface area (Å²) in [7, 11) is 4.04. The van der Waals surface area contributed by atoms with Crippen LogP contribution in [-0.2, 0) is 0 Å². The summed E-state index contributed by atoms with van der Waals surface area (Å²) in [6, 6.07) is 8.12. The predicted octanol–water partition coefficient (Wildman–Crippen LogP) is 3.37. The molecular formula is C14H21ClN2. The Kier molecular flexibility index (Phi) is 5.52. The first-order chi connectivity index (χ1) is 8.02. The van der Waals surface area contributed by atoms with Crippen LogP contribution >= 0.6 is 11.6 Å². The summed E-state index contributed by atoms with van der Waals surface area (Å²) >= 11 is 5.90. The molecule has 0 aliphatic heterocycles. The monoisotopic (exact) mass is 252 g/mol. The van der Waals surface area contributed by atoms with Gasteiger partial charge < -0.3 is 10.6 Å². The van der Waals surface area contributed by atoms with E-state index >= 15 is 0 Å². The zero-order chi connectivity index (χ0) is 12.8. The maximum Gasteiger partial charge on any atom is 0.0406 e. The van der Waals surface area contributed by atoms with Crippen LogP contribution in [0.1, 0.15) is 25.3 Å². The Balaban J connectivity index is 2.94. The number of hydrogen-bond donors (Lipinski definition) is 1. The molecule has 1 unspecified atom stereocenters. The maximum atomic E-state index is 6.03. The summed E-state index contributed by atoms with van der Waals surface area (Å²) in [5, 5.41) is 0.762. The summed E-state index contributed by atoms with van der Waals surface area (Å²) in [4.78, 5) is 2.05. The Morgan fingerprint density at radius 2 is 1.94 bits per heavy atom. The van der Waals surface area contributed by atoms with E-state index in [1.54, 1.807) is 0 Å². The van der Waals surface area contributed by atoms with Crippen LogP contribution in [0.15, 0.2) is 30.5 Å². The second-order valence-electron chi connectivity index (χ2n) is 4.50. The van der Waals surface area contributed by atoms with Crippen molar-refractivity contribution in [3.63, 3.8) is 0 Å². The average molecular weight is 253 g/mol. The first-order valence-corrected chi connectivity index (χ1v) is 6.29. The molecule has 0 amide bonds. The highest BCUT2D eigenvalue weighted by atomic mass is 35.5. The molecule has 2 N–H and O–H groups in total. The number of hydrogen-bond acceptors (Lipinski definition) is 2. The summed E-state index contributed by atoms with van der Waals surface area (Å²) in [6.45, 7) is 2.11. The van der Waals surface area contributed by atoms with E-state index in [0.717, 1.165) is 17.9 Å². The van der Waals surface area contributed by atoms with Crippen molar-refractivity contribution in [1.29, 1.82) is 0 Å². The molecule has 17 heavy (non-hydrogen) atoms. The van der Waals surface area contributed by atoms with E-state index in [1.807, 2.05) is 43.3 Å². The van der Waals surface area contributed by atoms with Gasteiger partial charge in [-0.05, 0) is 36.1 Å². The van der Waals surface area contributed by atoms with Gasteiger partial charge in [-0.1, -0.05) is 30.7 Å². The molecule has 0 radical (unpaired) electrons. The average Bonchev–Trinajstić information content (AvgIpc) is 2.28. The van der Waals surface area contributed by atoms with Crippen molar-refractivity contribution in [2.24, 2.45) is 5.73 Å². The van der Waals surface area contributed by atoms with E-state index in [4.69, 9.17) is 17.3 Å². The molecule has 94 valence electrons. The molecule has 1 aromatic carbocycles. The largest absolute Gasteiger partial charge is 0.383 e. The van der Waals surface area contributed by atoms with Crippen molar-refractivity contribution in [3.8, 4) is 0 Å². The summed E-state index contributed by atoms with van der Waals surface area (Å²) in [5.41, 5.74) is 8.47. The minimum absolute atomic E-state index is 0.205. The Hall–Kier alpha value is -0.990. The van der Waals surface area contributed by atoms with Gasteiger partial charge >= 0.3 is 0 Å². The summed E-state index contributed by atoms with van der Waals surface area (Å²) in [6.07, 6.45) is 3.99. The standard InChI is InChI=1S/C14H21ClN2/c1-4-14(16)9-12(10-17(2)3)11-5-7-13(15)8-6-11/h5-8,10,14H,4,9,16H2,1-3H3/b12-10+. The van der Waals surface area contributed by atoms with Crippen LogP contribution in [0, 0.1) is 0 Å². The zero-order valence-corrected chi connectivity index (χ0v) is 11.5. The minimum Gasteiger partial charge on any atom is -0.383 e. The van der Waals surface area contributed by atoms with E-state index in [-0.39, 0.29) is 6.04 Å². The molecule has 0 heterocycles. The van der Waals surface area contributed by atoms with Crippen molar-refractivity contribution in [1.82, 2.24) is 4.90 Å². The fourth-order valence-electron chi connectivity index (χ4n) is 1.65. The number of benzene rings is 1. The van der Waals surface area contributed by atoms with Crippen LogP contribution in [0.2, 0.25) is 5.02 Å². The van der Waals surface area contributed by atoms with Crippen LogP contribution in [-0.4, -0.2) is 25.0 Å². The van der Waals surface area contributed by atoms with Crippen LogP contribution in [0.3, 0.4) is 0 Å². The number of halogens is 1. The highest BCUT2D eigenvalue weighted by Crippen LogP contribution is 2.22. The Morgan fingerprint density at radius 3 is 2.41 bits per heavy atom. The third kappa shape index (κ3) is 4.80. The lowest BCUT2D eigenvalue weighted by atomic mass is 9.98. The van der Waals surface area contributed by atoms with E-state index < -0.39 is 0 Å². The van der Waals surface area contributed by atoms with Gasteiger partial charge in [0.05, 0.1) is 0 Å². The van der Waals surface area contributed by atoms with E-state index in [2.05, 4.69) is 13.1 Å². The van der Waals surface area contributed by atoms with Gasteiger partial charge in [0.15, 0.2) is 0 Å². The second kappa shape index (κ2) is 6.67. The lowest BCUT2D eigenvalue weighted by molar-refractivity contribution is 0.560. The molecule has 0 bridgehead atoms. The highest BCUT2D eigenvalue weighted by Gasteiger charge is 2.07. The van der Waals surface area contributed by atoms with E-state index in [1.165, 1.54) is 11.1 Å². The Morgan fingerprint density at radius 1 is 1.35 bits per heavy atom. The topological polar surface area (TPSA) is 29.3 Å². The fraction of sp³-hybridized carbons (Fsp3) is 0.429. The van der Waals surface area contributed by atoms with Crippen molar-refractivity contribution >= 4 is 17.2 Å². The van der Waals surface area contributed by atoms with E-state index in [0.29, 0.717) is 0 Å². The molecular weight excluding hydrogens is 232 g/mol. The molecule has 1 atom stereocenters. The predicted molar refractivity (Wildman–Crippen MR) is 76.0 cm³/mol. The molecule has 3 heteroatoms. The molecule has 0 spiro atoms. The summed E-state index contributed by atoms with van der Waals surface area (Å²) < 4.78 is 0.